The number of carbonyl (C=O) groups is 1. The third kappa shape index (κ3) is 3.36. The molecule has 0 atom stereocenters. The minimum Gasteiger partial charge on any atom is -0.314 e. The van der Waals surface area contributed by atoms with Gasteiger partial charge >= 0.3 is 6.03 Å². The summed E-state index contributed by atoms with van der Waals surface area (Å²) in [6.07, 6.45) is 6.57. The Bertz CT molecular complexity index is 469. The second kappa shape index (κ2) is 5.71. The molecule has 96 valence electrons. The topological polar surface area (TPSA) is 41.1 Å². The number of hydrogen-bond donors (Lipinski definition) is 2. The van der Waals surface area contributed by atoms with E-state index in [-0.39, 0.29) is 6.03 Å². The second-order valence-corrected chi connectivity index (χ2v) is 4.93. The van der Waals surface area contributed by atoms with Crippen LogP contribution in [0.5, 0.6) is 0 Å². The molecule has 3 heteroatoms. The van der Waals surface area contributed by atoms with Crippen molar-refractivity contribution in [1.29, 1.82) is 0 Å². The average molecular weight is 244 g/mol. The highest BCUT2D eigenvalue weighted by atomic mass is 16.2. The van der Waals surface area contributed by atoms with Crippen LogP contribution in [0.2, 0.25) is 0 Å². The molecule has 0 saturated heterocycles. The van der Waals surface area contributed by atoms with Crippen molar-refractivity contribution in [2.75, 3.05) is 5.32 Å². The van der Waals surface area contributed by atoms with Crippen LogP contribution < -0.4 is 10.6 Å². The van der Waals surface area contributed by atoms with Gasteiger partial charge in [-0.2, -0.15) is 0 Å². The lowest BCUT2D eigenvalue weighted by atomic mass is 10.1. The quantitative estimate of drug-likeness (QED) is 0.814. The first-order chi connectivity index (χ1) is 8.65. The normalized spacial score (nSPS) is 14.4. The van der Waals surface area contributed by atoms with E-state index in [1.807, 2.05) is 32.2 Å². The smallest absolute Gasteiger partial charge is 0.314 e. The molecule has 2 N–H and O–H groups in total. The van der Waals surface area contributed by atoms with Crippen molar-refractivity contribution in [3.05, 3.63) is 41.1 Å². The monoisotopic (exact) mass is 244 g/mol. The van der Waals surface area contributed by atoms with Crippen LogP contribution >= 0.6 is 0 Å². The number of amides is 2. The SMILES string of the molecule is Cc1ccc(NC(=O)NC=C2CCCC2)c(C)c1. The maximum Gasteiger partial charge on any atom is 0.323 e. The van der Waals surface area contributed by atoms with Crippen LogP contribution in [-0.2, 0) is 0 Å². The van der Waals surface area contributed by atoms with Gasteiger partial charge in [-0.1, -0.05) is 23.3 Å². The molecule has 2 amide bonds. The summed E-state index contributed by atoms with van der Waals surface area (Å²) in [5, 5.41) is 5.67. The maximum atomic E-state index is 11.7. The van der Waals surface area contributed by atoms with Gasteiger partial charge in [0.05, 0.1) is 0 Å². The summed E-state index contributed by atoms with van der Waals surface area (Å²) >= 11 is 0. The molecule has 0 spiro atoms. The minimum absolute atomic E-state index is 0.165. The molecule has 3 nitrogen and oxygen atoms in total. The van der Waals surface area contributed by atoms with Crippen molar-refractivity contribution in [2.45, 2.75) is 39.5 Å². The van der Waals surface area contributed by atoms with Crippen LogP contribution in [0.3, 0.4) is 0 Å². The standard InChI is InChI=1S/C15H20N2O/c1-11-7-8-14(12(2)9-11)17-15(18)16-10-13-5-3-4-6-13/h7-10H,3-6H2,1-2H3,(H2,16,17,18). The van der Waals surface area contributed by atoms with Crippen molar-refractivity contribution >= 4 is 11.7 Å². The first-order valence-corrected chi connectivity index (χ1v) is 6.48. The summed E-state index contributed by atoms with van der Waals surface area (Å²) in [6, 6.07) is 5.83. The highest BCUT2D eigenvalue weighted by molar-refractivity contribution is 5.90. The number of anilines is 1. The molecule has 1 aromatic carbocycles. The number of rotatable bonds is 2. The lowest BCUT2D eigenvalue weighted by Crippen LogP contribution is -2.24. The van der Waals surface area contributed by atoms with E-state index in [0.717, 1.165) is 24.1 Å². The van der Waals surface area contributed by atoms with E-state index < -0.39 is 0 Å². The number of benzene rings is 1. The minimum atomic E-state index is -0.165. The molecule has 1 aromatic rings. The maximum absolute atomic E-state index is 11.7. The highest BCUT2D eigenvalue weighted by Crippen LogP contribution is 2.22. The van der Waals surface area contributed by atoms with Gasteiger partial charge in [-0.3, -0.25) is 0 Å². The van der Waals surface area contributed by atoms with Gasteiger partial charge in [-0.05, 0) is 51.2 Å². The largest absolute Gasteiger partial charge is 0.323 e. The molecule has 0 aliphatic heterocycles. The summed E-state index contributed by atoms with van der Waals surface area (Å²) in [5.41, 5.74) is 4.49. The Morgan fingerprint density at radius 1 is 1.22 bits per heavy atom. The van der Waals surface area contributed by atoms with Crippen molar-refractivity contribution < 1.29 is 4.79 Å². The third-order valence-electron chi connectivity index (χ3n) is 3.28. The molecule has 0 radical (unpaired) electrons. The Kier molecular flexibility index (Phi) is 4.03. The van der Waals surface area contributed by atoms with Gasteiger partial charge in [0.25, 0.3) is 0 Å². The summed E-state index contributed by atoms with van der Waals surface area (Å²) in [5.74, 6) is 0. The fourth-order valence-electron chi connectivity index (χ4n) is 2.25. The molecule has 1 aliphatic rings. The zero-order valence-corrected chi connectivity index (χ0v) is 11.0. The van der Waals surface area contributed by atoms with Gasteiger partial charge in [0.2, 0.25) is 0 Å². The van der Waals surface area contributed by atoms with Crippen LogP contribution in [0.25, 0.3) is 0 Å². The van der Waals surface area contributed by atoms with Gasteiger partial charge < -0.3 is 10.6 Å². The van der Waals surface area contributed by atoms with Crippen LogP contribution in [0.1, 0.15) is 36.8 Å². The fraction of sp³-hybridized carbons (Fsp3) is 0.400. The van der Waals surface area contributed by atoms with Crippen molar-refractivity contribution in [1.82, 2.24) is 5.32 Å². The van der Waals surface area contributed by atoms with E-state index in [0.29, 0.717) is 0 Å². The molecule has 1 fully saturated rings. The average Bonchev–Trinajstić information content (AvgIpc) is 2.83. The predicted octanol–water partition coefficient (Wildman–Crippen LogP) is 3.88. The highest BCUT2D eigenvalue weighted by Gasteiger charge is 2.07. The Balaban J connectivity index is 1.92. The lowest BCUT2D eigenvalue weighted by Gasteiger charge is -2.09. The first kappa shape index (κ1) is 12.7. The lowest BCUT2D eigenvalue weighted by molar-refractivity contribution is 0.255. The van der Waals surface area contributed by atoms with Gasteiger partial charge in [-0.25, -0.2) is 4.79 Å². The predicted molar refractivity (Wildman–Crippen MR) is 74.6 cm³/mol. The van der Waals surface area contributed by atoms with Gasteiger partial charge in [0, 0.05) is 11.9 Å². The molecular formula is C15H20N2O. The summed E-state index contributed by atoms with van der Waals surface area (Å²) in [4.78, 5) is 11.7. The van der Waals surface area contributed by atoms with E-state index in [9.17, 15) is 4.79 Å². The number of nitrogens with one attached hydrogen (secondary N) is 2. The van der Waals surface area contributed by atoms with E-state index >= 15 is 0 Å². The zero-order chi connectivity index (χ0) is 13.0. The molecule has 18 heavy (non-hydrogen) atoms. The summed E-state index contributed by atoms with van der Waals surface area (Å²) in [7, 11) is 0. The van der Waals surface area contributed by atoms with Crippen LogP contribution in [0.4, 0.5) is 10.5 Å². The van der Waals surface area contributed by atoms with E-state index in [2.05, 4.69) is 16.7 Å². The number of allylic oxidation sites excluding steroid dienone is 1. The fourth-order valence-corrected chi connectivity index (χ4v) is 2.25. The van der Waals surface area contributed by atoms with E-state index in [4.69, 9.17) is 0 Å². The Morgan fingerprint density at radius 2 is 1.94 bits per heavy atom. The molecule has 0 aromatic heterocycles. The first-order valence-electron chi connectivity index (χ1n) is 6.48. The van der Waals surface area contributed by atoms with Crippen molar-refractivity contribution in [3.63, 3.8) is 0 Å². The van der Waals surface area contributed by atoms with Crippen LogP contribution in [-0.4, -0.2) is 6.03 Å². The van der Waals surface area contributed by atoms with Crippen LogP contribution in [0, 0.1) is 13.8 Å². The van der Waals surface area contributed by atoms with Gasteiger partial charge in [0.15, 0.2) is 0 Å². The molecule has 1 aliphatic carbocycles. The van der Waals surface area contributed by atoms with Crippen LogP contribution in [0.15, 0.2) is 30.0 Å². The van der Waals surface area contributed by atoms with Crippen molar-refractivity contribution in [2.24, 2.45) is 0 Å². The molecule has 2 rings (SSSR count). The molecule has 0 unspecified atom stereocenters. The van der Waals surface area contributed by atoms with Gasteiger partial charge in [0.1, 0.15) is 0 Å². The molecule has 1 saturated carbocycles. The Labute approximate surface area is 108 Å². The second-order valence-electron chi connectivity index (χ2n) is 4.93. The number of carbonyl (C=O) groups excluding carboxylic acids is 1. The molecule has 0 bridgehead atoms. The van der Waals surface area contributed by atoms with E-state index in [1.165, 1.54) is 24.0 Å². The van der Waals surface area contributed by atoms with Gasteiger partial charge in [-0.15, -0.1) is 0 Å². The number of aryl methyl sites for hydroxylation is 2. The number of urea groups is 1. The Morgan fingerprint density at radius 3 is 2.61 bits per heavy atom. The third-order valence-corrected chi connectivity index (χ3v) is 3.28. The number of hydrogen-bond acceptors (Lipinski definition) is 1. The van der Waals surface area contributed by atoms with Crippen molar-refractivity contribution in [3.8, 4) is 0 Å². The molecule has 0 heterocycles. The summed E-state index contributed by atoms with van der Waals surface area (Å²) < 4.78 is 0. The zero-order valence-electron chi connectivity index (χ0n) is 11.0. The molecular weight excluding hydrogens is 224 g/mol. The van der Waals surface area contributed by atoms with E-state index in [1.54, 1.807) is 0 Å². The summed E-state index contributed by atoms with van der Waals surface area (Å²) in [6.45, 7) is 4.04. The Hall–Kier alpha value is -1.77.